The second kappa shape index (κ2) is 9.32. The van der Waals surface area contributed by atoms with Crippen molar-refractivity contribution in [3.8, 4) is 5.75 Å². The molecule has 1 aromatic heterocycles. The number of Topliss-reactive ketones (excluding diaryl/α,β-unsaturated/α-hetero) is 1. The maximum Gasteiger partial charge on any atom is 0.301 e. The van der Waals surface area contributed by atoms with Gasteiger partial charge in [0.1, 0.15) is 17.3 Å². The van der Waals surface area contributed by atoms with E-state index in [1.807, 2.05) is 38.1 Å². The monoisotopic (exact) mass is 446 g/mol. The molecule has 0 bridgehead atoms. The normalized spacial score (nSPS) is 17.5. The number of anilines is 1. The highest BCUT2D eigenvalue weighted by Gasteiger charge is 2.48. The molecule has 7 nitrogen and oxygen atoms in total. The van der Waals surface area contributed by atoms with E-state index in [-0.39, 0.29) is 17.2 Å². The zero-order valence-electron chi connectivity index (χ0n) is 18.9. The van der Waals surface area contributed by atoms with Gasteiger partial charge in [0, 0.05) is 11.6 Å². The summed E-state index contributed by atoms with van der Waals surface area (Å²) in [5, 5.41) is 15.1. The molecule has 2 heterocycles. The third-order valence-electron chi connectivity index (χ3n) is 5.61. The number of benzene rings is 2. The number of ether oxygens (including phenoxy) is 1. The fourth-order valence-electron chi connectivity index (χ4n) is 3.87. The zero-order valence-corrected chi connectivity index (χ0v) is 18.9. The van der Waals surface area contributed by atoms with E-state index in [0.717, 1.165) is 18.4 Å². The van der Waals surface area contributed by atoms with Gasteiger partial charge in [-0.25, -0.2) is 0 Å². The van der Waals surface area contributed by atoms with E-state index >= 15 is 0 Å². The standard InChI is InChI=1S/C26H26N2O5/c1-4-14-32-20-12-10-19(11-13-20)24(29)22-23(18-8-6-17(5-2)7-9-18)28(26(31)25(22)30)21-15-16(3)33-27-21/h6-13,15,23,29H,4-5,14H2,1-3H3/t23-/m1/s1. The van der Waals surface area contributed by atoms with Crippen molar-refractivity contribution in [2.24, 2.45) is 0 Å². The van der Waals surface area contributed by atoms with Crippen LogP contribution in [0.2, 0.25) is 0 Å². The number of carbonyl (C=O) groups is 2. The molecular weight excluding hydrogens is 420 g/mol. The SMILES string of the molecule is CCCOc1ccc(C(O)=C2C(=O)C(=O)N(c3cc(C)on3)[C@@H]2c2ccc(CC)cc2)cc1. The van der Waals surface area contributed by atoms with Crippen molar-refractivity contribution in [1.82, 2.24) is 5.16 Å². The predicted molar refractivity (Wildman–Crippen MR) is 124 cm³/mol. The largest absolute Gasteiger partial charge is 0.507 e. The predicted octanol–water partition coefficient (Wildman–Crippen LogP) is 4.96. The van der Waals surface area contributed by atoms with Crippen molar-refractivity contribution < 1.29 is 24.0 Å². The van der Waals surface area contributed by atoms with Crippen LogP contribution in [-0.2, 0) is 16.0 Å². The average molecular weight is 447 g/mol. The van der Waals surface area contributed by atoms with Gasteiger partial charge in [-0.1, -0.05) is 43.3 Å². The number of aliphatic hydroxyl groups excluding tert-OH is 1. The van der Waals surface area contributed by atoms with Gasteiger partial charge in [-0.15, -0.1) is 0 Å². The lowest BCUT2D eigenvalue weighted by Crippen LogP contribution is -2.29. The minimum atomic E-state index is -0.837. The lowest BCUT2D eigenvalue weighted by Gasteiger charge is -2.23. The number of aromatic nitrogens is 1. The Morgan fingerprint density at radius 2 is 1.79 bits per heavy atom. The maximum atomic E-state index is 13.1. The van der Waals surface area contributed by atoms with Gasteiger partial charge in [0.05, 0.1) is 18.2 Å². The lowest BCUT2D eigenvalue weighted by atomic mass is 9.94. The first kappa shape index (κ1) is 22.3. The van der Waals surface area contributed by atoms with Crippen LogP contribution in [0.5, 0.6) is 5.75 Å². The summed E-state index contributed by atoms with van der Waals surface area (Å²) in [4.78, 5) is 27.5. The fraction of sp³-hybridized carbons (Fsp3) is 0.269. The summed E-state index contributed by atoms with van der Waals surface area (Å²) >= 11 is 0. The molecule has 1 saturated heterocycles. The van der Waals surface area contributed by atoms with Gasteiger partial charge in [0.2, 0.25) is 0 Å². The van der Waals surface area contributed by atoms with Crippen LogP contribution in [0.25, 0.3) is 5.76 Å². The van der Waals surface area contributed by atoms with Crippen LogP contribution in [0.4, 0.5) is 5.82 Å². The lowest BCUT2D eigenvalue weighted by molar-refractivity contribution is -0.132. The summed E-state index contributed by atoms with van der Waals surface area (Å²) in [7, 11) is 0. The van der Waals surface area contributed by atoms with Crippen LogP contribution < -0.4 is 9.64 Å². The Bertz CT molecular complexity index is 1190. The summed E-state index contributed by atoms with van der Waals surface area (Å²) in [6.45, 7) is 6.36. The van der Waals surface area contributed by atoms with Crippen LogP contribution in [-0.4, -0.2) is 28.6 Å². The summed E-state index contributed by atoms with van der Waals surface area (Å²) in [6, 6.07) is 15.2. The Balaban J connectivity index is 1.83. The Morgan fingerprint density at radius 1 is 1.09 bits per heavy atom. The van der Waals surface area contributed by atoms with E-state index in [1.165, 1.54) is 4.90 Å². The molecule has 7 heteroatoms. The van der Waals surface area contributed by atoms with E-state index < -0.39 is 17.7 Å². The van der Waals surface area contributed by atoms with Crippen molar-refractivity contribution in [1.29, 1.82) is 0 Å². The summed E-state index contributed by atoms with van der Waals surface area (Å²) in [5.74, 6) is -0.390. The molecule has 4 rings (SSSR count). The Morgan fingerprint density at radius 3 is 2.36 bits per heavy atom. The maximum absolute atomic E-state index is 13.1. The molecule has 0 spiro atoms. The van der Waals surface area contributed by atoms with Gasteiger partial charge >= 0.3 is 5.91 Å². The molecule has 1 fully saturated rings. The van der Waals surface area contributed by atoms with Crippen LogP contribution in [0.3, 0.4) is 0 Å². The molecule has 3 aromatic rings. The van der Waals surface area contributed by atoms with Gasteiger partial charge in [-0.05, 0) is 55.2 Å². The first-order valence-electron chi connectivity index (χ1n) is 11.0. The Kier molecular flexibility index (Phi) is 6.31. The van der Waals surface area contributed by atoms with Gasteiger partial charge in [0.25, 0.3) is 5.78 Å². The number of carbonyl (C=O) groups excluding carboxylic acids is 2. The molecule has 1 atom stereocenters. The van der Waals surface area contributed by atoms with E-state index in [9.17, 15) is 14.7 Å². The Labute approximate surface area is 192 Å². The third-order valence-corrected chi connectivity index (χ3v) is 5.61. The van der Waals surface area contributed by atoms with Gasteiger partial charge in [-0.3, -0.25) is 14.5 Å². The number of hydrogen-bond acceptors (Lipinski definition) is 6. The van der Waals surface area contributed by atoms with Crippen molar-refractivity contribution in [3.05, 3.63) is 82.6 Å². The van der Waals surface area contributed by atoms with Gasteiger partial charge in [0.15, 0.2) is 5.82 Å². The second-order valence-electron chi connectivity index (χ2n) is 7.93. The van der Waals surface area contributed by atoms with Gasteiger partial charge < -0.3 is 14.4 Å². The highest BCUT2D eigenvalue weighted by molar-refractivity contribution is 6.51. The highest BCUT2D eigenvalue weighted by atomic mass is 16.5. The van der Waals surface area contributed by atoms with E-state index in [4.69, 9.17) is 9.26 Å². The van der Waals surface area contributed by atoms with Crippen molar-refractivity contribution in [3.63, 3.8) is 0 Å². The smallest absolute Gasteiger partial charge is 0.301 e. The number of hydrogen-bond donors (Lipinski definition) is 1. The first-order chi connectivity index (χ1) is 15.9. The molecule has 1 amide bonds. The molecule has 2 aromatic carbocycles. The minimum Gasteiger partial charge on any atom is -0.507 e. The number of aliphatic hydroxyl groups is 1. The Hall–Kier alpha value is -3.87. The molecule has 1 N–H and O–H groups in total. The quantitative estimate of drug-likeness (QED) is 0.313. The van der Waals surface area contributed by atoms with Crippen molar-refractivity contribution in [2.75, 3.05) is 11.5 Å². The number of aryl methyl sites for hydroxylation is 2. The molecule has 170 valence electrons. The molecule has 0 unspecified atom stereocenters. The van der Waals surface area contributed by atoms with Gasteiger partial charge in [-0.2, -0.15) is 0 Å². The van der Waals surface area contributed by atoms with Crippen LogP contribution in [0.15, 0.2) is 64.7 Å². The van der Waals surface area contributed by atoms with Crippen molar-refractivity contribution >= 4 is 23.3 Å². The molecule has 33 heavy (non-hydrogen) atoms. The van der Waals surface area contributed by atoms with Crippen LogP contribution >= 0.6 is 0 Å². The number of ketones is 1. The molecule has 0 aliphatic carbocycles. The highest BCUT2D eigenvalue weighted by Crippen LogP contribution is 2.42. The van der Waals surface area contributed by atoms with Crippen LogP contribution in [0, 0.1) is 6.92 Å². The second-order valence-corrected chi connectivity index (χ2v) is 7.93. The molecule has 1 aliphatic heterocycles. The summed E-state index contributed by atoms with van der Waals surface area (Å²) in [6.07, 6.45) is 1.74. The van der Waals surface area contributed by atoms with E-state index in [0.29, 0.717) is 29.2 Å². The average Bonchev–Trinajstić information content (AvgIpc) is 3.38. The molecular formula is C26H26N2O5. The number of nitrogens with zero attached hydrogens (tertiary/aromatic N) is 2. The molecule has 0 saturated carbocycles. The topological polar surface area (TPSA) is 92.9 Å². The molecule has 0 radical (unpaired) electrons. The third kappa shape index (κ3) is 4.26. The zero-order chi connectivity index (χ0) is 23.5. The summed E-state index contributed by atoms with van der Waals surface area (Å²) < 4.78 is 10.8. The minimum absolute atomic E-state index is 0.00660. The first-order valence-corrected chi connectivity index (χ1v) is 11.0. The molecule has 1 aliphatic rings. The van der Waals surface area contributed by atoms with E-state index in [2.05, 4.69) is 5.16 Å². The number of rotatable bonds is 7. The summed E-state index contributed by atoms with van der Waals surface area (Å²) in [5.41, 5.74) is 2.24. The van der Waals surface area contributed by atoms with E-state index in [1.54, 1.807) is 37.3 Å². The fourth-order valence-corrected chi connectivity index (χ4v) is 3.87. The number of amides is 1. The van der Waals surface area contributed by atoms with Crippen LogP contribution in [0.1, 0.15) is 48.8 Å². The van der Waals surface area contributed by atoms with Crippen molar-refractivity contribution in [2.45, 2.75) is 39.7 Å².